The minimum atomic E-state index is -0.275. The topological polar surface area (TPSA) is 44.9 Å². The van der Waals surface area contributed by atoms with Gasteiger partial charge in [-0.25, -0.2) is 4.39 Å². The molecule has 1 aromatic heterocycles. The van der Waals surface area contributed by atoms with Crippen molar-refractivity contribution in [2.75, 3.05) is 6.54 Å². The molecule has 0 unspecified atom stereocenters. The largest absolute Gasteiger partial charge is 0.352 e. The molecule has 1 N–H and O–H groups in total. The summed E-state index contributed by atoms with van der Waals surface area (Å²) < 4.78 is 15.3. The Morgan fingerprint density at radius 3 is 2.76 bits per heavy atom. The SMILES string of the molecule is Cc1cc(C)n(CCCN2Cc3ccc(F)cc3C2=N)n1. The molecule has 2 aromatic rings. The fourth-order valence-corrected chi connectivity index (χ4v) is 2.87. The first kappa shape index (κ1) is 13.8. The van der Waals surface area contributed by atoms with Gasteiger partial charge in [0.1, 0.15) is 11.7 Å². The van der Waals surface area contributed by atoms with Crippen molar-refractivity contribution in [1.82, 2.24) is 14.7 Å². The number of nitrogens with one attached hydrogen (secondary N) is 1. The van der Waals surface area contributed by atoms with Crippen molar-refractivity contribution in [2.45, 2.75) is 33.4 Å². The Hall–Kier alpha value is -2.17. The first-order chi connectivity index (χ1) is 10.0. The molecular formula is C16H19FN4. The first-order valence-corrected chi connectivity index (χ1v) is 7.18. The van der Waals surface area contributed by atoms with Crippen molar-refractivity contribution in [1.29, 1.82) is 5.41 Å². The van der Waals surface area contributed by atoms with Crippen molar-refractivity contribution >= 4 is 5.84 Å². The molecule has 0 saturated carbocycles. The summed E-state index contributed by atoms with van der Waals surface area (Å²) >= 11 is 0. The summed E-state index contributed by atoms with van der Waals surface area (Å²) in [5.74, 6) is 0.154. The minimum absolute atomic E-state index is 0.275. The molecule has 0 spiro atoms. The fourth-order valence-electron chi connectivity index (χ4n) is 2.87. The third kappa shape index (κ3) is 2.68. The van der Waals surface area contributed by atoms with E-state index in [4.69, 9.17) is 5.41 Å². The van der Waals surface area contributed by atoms with Crippen LogP contribution in [0, 0.1) is 25.1 Å². The molecule has 1 aromatic carbocycles. The second-order valence-electron chi connectivity index (χ2n) is 5.58. The van der Waals surface area contributed by atoms with Gasteiger partial charge in [0, 0.05) is 30.9 Å². The van der Waals surface area contributed by atoms with Crippen LogP contribution in [0.25, 0.3) is 0 Å². The van der Waals surface area contributed by atoms with E-state index in [2.05, 4.69) is 18.1 Å². The summed E-state index contributed by atoms with van der Waals surface area (Å²) in [7, 11) is 0. The van der Waals surface area contributed by atoms with Gasteiger partial charge in [-0.1, -0.05) is 6.07 Å². The van der Waals surface area contributed by atoms with E-state index in [0.29, 0.717) is 12.4 Å². The number of aromatic nitrogens is 2. The molecule has 3 rings (SSSR count). The summed E-state index contributed by atoms with van der Waals surface area (Å²) in [6, 6.07) is 6.76. The molecule has 0 atom stereocenters. The van der Waals surface area contributed by atoms with Crippen molar-refractivity contribution in [2.24, 2.45) is 0 Å². The van der Waals surface area contributed by atoms with Gasteiger partial charge in [0.05, 0.1) is 5.69 Å². The normalized spacial score (nSPS) is 13.9. The van der Waals surface area contributed by atoms with E-state index >= 15 is 0 Å². The highest BCUT2D eigenvalue weighted by Gasteiger charge is 2.23. The predicted octanol–water partition coefficient (Wildman–Crippen LogP) is 2.87. The average molecular weight is 286 g/mol. The van der Waals surface area contributed by atoms with Gasteiger partial charge in [0.25, 0.3) is 0 Å². The number of halogens is 1. The Morgan fingerprint density at radius 2 is 2.05 bits per heavy atom. The number of nitrogens with zero attached hydrogens (tertiary/aromatic N) is 3. The van der Waals surface area contributed by atoms with Crippen LogP contribution in [0.15, 0.2) is 24.3 Å². The summed E-state index contributed by atoms with van der Waals surface area (Å²) in [6.45, 7) is 6.37. The minimum Gasteiger partial charge on any atom is -0.352 e. The van der Waals surface area contributed by atoms with Gasteiger partial charge in [0.2, 0.25) is 0 Å². The predicted molar refractivity (Wildman–Crippen MR) is 80.0 cm³/mol. The lowest BCUT2D eigenvalue weighted by molar-refractivity contribution is 0.395. The van der Waals surface area contributed by atoms with E-state index in [0.717, 1.165) is 42.0 Å². The molecule has 2 heterocycles. The number of aryl methyl sites for hydroxylation is 3. The zero-order chi connectivity index (χ0) is 15.0. The van der Waals surface area contributed by atoms with Crippen LogP contribution >= 0.6 is 0 Å². The van der Waals surface area contributed by atoms with E-state index in [9.17, 15) is 4.39 Å². The van der Waals surface area contributed by atoms with Crippen molar-refractivity contribution in [3.63, 3.8) is 0 Å². The molecule has 21 heavy (non-hydrogen) atoms. The molecule has 0 radical (unpaired) electrons. The summed E-state index contributed by atoms with van der Waals surface area (Å²) in [6.07, 6.45) is 0.917. The van der Waals surface area contributed by atoms with Gasteiger partial charge >= 0.3 is 0 Å². The number of rotatable bonds is 4. The molecule has 1 aliphatic heterocycles. The number of hydrogen-bond donors (Lipinski definition) is 1. The van der Waals surface area contributed by atoms with E-state index in [1.54, 1.807) is 6.07 Å². The molecular weight excluding hydrogens is 267 g/mol. The van der Waals surface area contributed by atoms with Crippen molar-refractivity contribution in [3.05, 3.63) is 52.6 Å². The second kappa shape index (κ2) is 5.31. The van der Waals surface area contributed by atoms with Crippen LogP contribution in [0.4, 0.5) is 4.39 Å². The molecule has 110 valence electrons. The number of hydrogen-bond acceptors (Lipinski definition) is 2. The molecule has 0 bridgehead atoms. The lowest BCUT2D eigenvalue weighted by Gasteiger charge is -2.17. The summed E-state index contributed by atoms with van der Waals surface area (Å²) in [5, 5.41) is 12.6. The monoisotopic (exact) mass is 286 g/mol. The number of fused-ring (bicyclic) bond motifs is 1. The number of benzene rings is 1. The highest BCUT2D eigenvalue weighted by Crippen LogP contribution is 2.23. The Balaban J connectivity index is 1.60. The lowest BCUT2D eigenvalue weighted by Crippen LogP contribution is -2.26. The standard InChI is InChI=1S/C16H19FN4/c1-11-8-12(2)21(19-11)7-3-6-20-10-13-4-5-14(17)9-15(13)16(20)18/h4-5,8-9,18H,3,6-7,10H2,1-2H3. The van der Waals surface area contributed by atoms with E-state index in [1.165, 1.54) is 12.1 Å². The van der Waals surface area contributed by atoms with Crippen LogP contribution in [0.5, 0.6) is 0 Å². The second-order valence-corrected chi connectivity index (χ2v) is 5.58. The fraction of sp³-hybridized carbons (Fsp3) is 0.375. The van der Waals surface area contributed by atoms with Gasteiger partial charge < -0.3 is 4.90 Å². The van der Waals surface area contributed by atoms with Crippen molar-refractivity contribution in [3.8, 4) is 0 Å². The maximum Gasteiger partial charge on any atom is 0.128 e. The zero-order valence-electron chi connectivity index (χ0n) is 12.4. The van der Waals surface area contributed by atoms with Crippen LogP contribution < -0.4 is 0 Å². The van der Waals surface area contributed by atoms with Gasteiger partial charge in [-0.2, -0.15) is 5.10 Å². The van der Waals surface area contributed by atoms with Crippen LogP contribution in [-0.2, 0) is 13.1 Å². The molecule has 4 nitrogen and oxygen atoms in total. The Morgan fingerprint density at radius 1 is 1.24 bits per heavy atom. The first-order valence-electron chi connectivity index (χ1n) is 7.18. The molecule has 0 saturated heterocycles. The van der Waals surface area contributed by atoms with Crippen LogP contribution in [0.1, 0.15) is 28.9 Å². The zero-order valence-corrected chi connectivity index (χ0v) is 12.4. The quantitative estimate of drug-likeness (QED) is 0.939. The highest BCUT2D eigenvalue weighted by atomic mass is 19.1. The maximum absolute atomic E-state index is 13.3. The van der Waals surface area contributed by atoms with E-state index in [-0.39, 0.29) is 5.82 Å². The van der Waals surface area contributed by atoms with Gasteiger partial charge in [-0.05, 0) is 44.0 Å². The van der Waals surface area contributed by atoms with Crippen molar-refractivity contribution < 1.29 is 4.39 Å². The Bertz CT molecular complexity index is 690. The lowest BCUT2D eigenvalue weighted by atomic mass is 10.1. The summed E-state index contributed by atoms with van der Waals surface area (Å²) in [5.41, 5.74) is 3.95. The Kier molecular flexibility index (Phi) is 3.49. The van der Waals surface area contributed by atoms with Crippen LogP contribution in [0.2, 0.25) is 0 Å². The molecule has 0 fully saturated rings. The third-order valence-electron chi connectivity index (χ3n) is 3.91. The molecule has 5 heteroatoms. The van der Waals surface area contributed by atoms with Gasteiger partial charge in [0.15, 0.2) is 0 Å². The van der Waals surface area contributed by atoms with Gasteiger partial charge in [-0.15, -0.1) is 0 Å². The smallest absolute Gasteiger partial charge is 0.128 e. The Labute approximate surface area is 123 Å². The third-order valence-corrected chi connectivity index (χ3v) is 3.91. The van der Waals surface area contributed by atoms with Gasteiger partial charge in [-0.3, -0.25) is 10.1 Å². The maximum atomic E-state index is 13.3. The van der Waals surface area contributed by atoms with Crippen LogP contribution in [0.3, 0.4) is 0 Å². The summed E-state index contributed by atoms with van der Waals surface area (Å²) in [4.78, 5) is 2.00. The van der Waals surface area contributed by atoms with Crippen LogP contribution in [-0.4, -0.2) is 27.1 Å². The number of amidine groups is 1. The highest BCUT2D eigenvalue weighted by molar-refractivity contribution is 6.00. The molecule has 0 aliphatic carbocycles. The van der Waals surface area contributed by atoms with E-state index < -0.39 is 0 Å². The van der Waals surface area contributed by atoms with E-state index in [1.807, 2.05) is 16.5 Å². The average Bonchev–Trinajstić information content (AvgIpc) is 2.91. The molecule has 1 aliphatic rings. The molecule has 0 amide bonds.